The first-order valence-electron chi connectivity index (χ1n) is 4.89. The van der Waals surface area contributed by atoms with Crippen molar-refractivity contribution in [3.63, 3.8) is 0 Å². The van der Waals surface area contributed by atoms with Crippen LogP contribution in [0.5, 0.6) is 0 Å². The fourth-order valence-electron chi connectivity index (χ4n) is 1.34. The number of hydrogen-bond acceptors (Lipinski definition) is 1. The van der Waals surface area contributed by atoms with Crippen LogP contribution in [0.2, 0.25) is 0 Å². The largest absolute Gasteiger partial charge is 0.478 e. The second-order valence-electron chi connectivity index (χ2n) is 3.32. The highest BCUT2D eigenvalue weighted by Crippen LogP contribution is 2.02. The SMILES string of the molecule is O=C(O)c1ccc(F)cc1[I+]c1ccccc1. The van der Waals surface area contributed by atoms with Crippen LogP contribution in [-0.4, -0.2) is 11.1 Å². The van der Waals surface area contributed by atoms with Crippen molar-refractivity contribution in [2.45, 2.75) is 0 Å². The van der Waals surface area contributed by atoms with Crippen molar-refractivity contribution in [3.8, 4) is 0 Å². The normalized spacial score (nSPS) is 10.2. The Balaban J connectivity index is 2.37. The van der Waals surface area contributed by atoms with Gasteiger partial charge in [-0.15, -0.1) is 0 Å². The Hall–Kier alpha value is -1.43. The topological polar surface area (TPSA) is 37.3 Å². The van der Waals surface area contributed by atoms with E-state index in [1.54, 1.807) is 0 Å². The predicted octanol–water partition coefficient (Wildman–Crippen LogP) is -0.348. The third-order valence-corrected chi connectivity index (χ3v) is 4.92. The van der Waals surface area contributed by atoms with Gasteiger partial charge in [0, 0.05) is 6.07 Å². The molecule has 2 rings (SSSR count). The molecule has 0 unspecified atom stereocenters. The van der Waals surface area contributed by atoms with Gasteiger partial charge in [-0.25, -0.2) is 9.18 Å². The summed E-state index contributed by atoms with van der Waals surface area (Å²) in [5.74, 6) is -1.39. The van der Waals surface area contributed by atoms with Gasteiger partial charge in [0.15, 0.2) is 3.57 Å². The van der Waals surface area contributed by atoms with Crippen LogP contribution in [0, 0.1) is 13.0 Å². The van der Waals surface area contributed by atoms with Crippen LogP contribution < -0.4 is 21.2 Å². The number of benzene rings is 2. The number of carboxylic acids is 1. The molecule has 0 atom stereocenters. The van der Waals surface area contributed by atoms with E-state index in [2.05, 4.69) is 0 Å². The minimum absolute atomic E-state index is 0.197. The lowest BCUT2D eigenvalue weighted by Gasteiger charge is -1.95. The molecule has 2 aromatic rings. The van der Waals surface area contributed by atoms with E-state index >= 15 is 0 Å². The van der Waals surface area contributed by atoms with Crippen LogP contribution in [0.3, 0.4) is 0 Å². The zero-order valence-electron chi connectivity index (χ0n) is 8.73. The van der Waals surface area contributed by atoms with Gasteiger partial charge in [0.25, 0.3) is 0 Å². The number of carbonyl (C=O) groups is 1. The summed E-state index contributed by atoms with van der Waals surface area (Å²) in [5, 5.41) is 9.03. The Morgan fingerprint density at radius 2 is 1.82 bits per heavy atom. The Labute approximate surface area is 108 Å². The van der Waals surface area contributed by atoms with Crippen LogP contribution >= 0.6 is 0 Å². The first-order chi connectivity index (χ1) is 8.16. The predicted molar refractivity (Wildman–Crippen MR) is 57.2 cm³/mol. The smallest absolute Gasteiger partial charge is 0.358 e. The lowest BCUT2D eigenvalue weighted by atomic mass is 10.2. The fraction of sp³-hybridized carbons (Fsp3) is 0. The summed E-state index contributed by atoms with van der Waals surface area (Å²) < 4.78 is 14.8. The van der Waals surface area contributed by atoms with Crippen molar-refractivity contribution < 1.29 is 35.5 Å². The zero-order valence-corrected chi connectivity index (χ0v) is 10.9. The van der Waals surface area contributed by atoms with E-state index in [1.165, 1.54) is 18.2 Å². The standard InChI is InChI=1S/C13H8FIO2/c14-9-6-7-11(13(16)17)12(8-9)15-10-4-2-1-3-5-10/h1-8H/p+1. The molecule has 0 aliphatic carbocycles. The highest BCUT2D eigenvalue weighted by molar-refractivity contribution is 5.87. The lowest BCUT2D eigenvalue weighted by molar-refractivity contribution is -0.597. The van der Waals surface area contributed by atoms with E-state index in [0.717, 1.165) is 3.57 Å². The molecular weight excluding hydrogens is 334 g/mol. The third kappa shape index (κ3) is 3.03. The number of carboxylic acid groups (broad SMARTS) is 1. The molecule has 2 nitrogen and oxygen atoms in total. The molecule has 0 heterocycles. The summed E-state index contributed by atoms with van der Waals surface area (Å²) in [6.07, 6.45) is 0. The van der Waals surface area contributed by atoms with E-state index in [0.29, 0.717) is 3.57 Å². The molecule has 0 saturated carbocycles. The summed E-state index contributed by atoms with van der Waals surface area (Å²) in [7, 11) is 0. The number of aromatic carboxylic acids is 1. The second kappa shape index (κ2) is 5.27. The maximum absolute atomic E-state index is 13.1. The first kappa shape index (κ1) is 12.0. The molecule has 0 amide bonds. The molecule has 0 radical (unpaired) electrons. The highest BCUT2D eigenvalue weighted by Gasteiger charge is 2.24. The van der Waals surface area contributed by atoms with Crippen molar-refractivity contribution in [1.82, 2.24) is 0 Å². The molecule has 0 bridgehead atoms. The molecule has 0 saturated heterocycles. The van der Waals surface area contributed by atoms with Gasteiger partial charge in [0.1, 0.15) is 11.4 Å². The first-order valence-corrected chi connectivity index (χ1v) is 7.05. The Bertz CT molecular complexity index is 540. The van der Waals surface area contributed by atoms with E-state index in [-0.39, 0.29) is 11.4 Å². The molecule has 86 valence electrons. The molecule has 0 aliphatic heterocycles. The molecule has 0 fully saturated rings. The van der Waals surface area contributed by atoms with Crippen molar-refractivity contribution in [2.24, 2.45) is 0 Å². The quantitative estimate of drug-likeness (QED) is 0.774. The molecule has 0 aliphatic rings. The molecule has 4 heteroatoms. The number of hydrogen-bond donors (Lipinski definition) is 1. The summed E-state index contributed by atoms with van der Waals surface area (Å²) in [6.45, 7) is 0. The van der Waals surface area contributed by atoms with Gasteiger partial charge in [-0.1, -0.05) is 18.2 Å². The van der Waals surface area contributed by atoms with Gasteiger partial charge in [-0.05, 0) is 24.3 Å². The summed E-state index contributed by atoms with van der Waals surface area (Å²) in [4.78, 5) is 11.0. The van der Waals surface area contributed by atoms with Crippen LogP contribution in [0.25, 0.3) is 0 Å². The van der Waals surface area contributed by atoms with Crippen LogP contribution in [0.4, 0.5) is 4.39 Å². The average molecular weight is 343 g/mol. The van der Waals surface area contributed by atoms with Crippen molar-refractivity contribution in [1.29, 1.82) is 0 Å². The monoisotopic (exact) mass is 343 g/mol. The van der Waals surface area contributed by atoms with Gasteiger partial charge in [0.2, 0.25) is 3.57 Å². The van der Waals surface area contributed by atoms with Gasteiger partial charge in [0.05, 0.1) is 0 Å². The van der Waals surface area contributed by atoms with E-state index in [4.69, 9.17) is 5.11 Å². The van der Waals surface area contributed by atoms with Crippen molar-refractivity contribution >= 4 is 5.97 Å². The maximum atomic E-state index is 13.1. The number of rotatable bonds is 3. The Morgan fingerprint density at radius 1 is 1.12 bits per heavy atom. The minimum Gasteiger partial charge on any atom is -0.478 e. The molecule has 0 aromatic heterocycles. The molecule has 2 aromatic carbocycles. The van der Waals surface area contributed by atoms with Crippen LogP contribution in [0.1, 0.15) is 10.4 Å². The van der Waals surface area contributed by atoms with Crippen LogP contribution in [-0.2, 0) is 0 Å². The molecule has 0 spiro atoms. The van der Waals surface area contributed by atoms with E-state index in [1.807, 2.05) is 30.3 Å². The third-order valence-electron chi connectivity index (χ3n) is 2.11. The average Bonchev–Trinajstić information content (AvgIpc) is 2.30. The Kier molecular flexibility index (Phi) is 3.73. The number of halogens is 2. The summed E-state index contributed by atoms with van der Waals surface area (Å²) >= 11 is -0.664. The summed E-state index contributed by atoms with van der Waals surface area (Å²) in [6, 6.07) is 13.4. The molecule has 1 N–H and O–H groups in total. The second-order valence-corrected chi connectivity index (χ2v) is 6.27. The Morgan fingerprint density at radius 3 is 2.47 bits per heavy atom. The lowest BCUT2D eigenvalue weighted by Crippen LogP contribution is -3.61. The summed E-state index contributed by atoms with van der Waals surface area (Å²) in [5.41, 5.74) is 0.197. The van der Waals surface area contributed by atoms with Gasteiger partial charge in [-0.3, -0.25) is 0 Å². The molecular formula is C13H9FIO2+. The van der Waals surface area contributed by atoms with E-state index in [9.17, 15) is 9.18 Å². The maximum Gasteiger partial charge on any atom is 0.358 e. The van der Waals surface area contributed by atoms with E-state index < -0.39 is 27.2 Å². The molecule has 17 heavy (non-hydrogen) atoms. The van der Waals surface area contributed by atoms with Crippen molar-refractivity contribution in [3.05, 3.63) is 67.1 Å². The fourth-order valence-corrected chi connectivity index (χ4v) is 3.94. The van der Waals surface area contributed by atoms with Gasteiger partial charge < -0.3 is 5.11 Å². The van der Waals surface area contributed by atoms with Crippen LogP contribution in [0.15, 0.2) is 48.5 Å². The zero-order chi connectivity index (χ0) is 12.3. The van der Waals surface area contributed by atoms with Crippen molar-refractivity contribution in [2.75, 3.05) is 0 Å². The minimum atomic E-state index is -1.00. The highest BCUT2D eigenvalue weighted by atomic mass is 127. The van der Waals surface area contributed by atoms with Gasteiger partial charge in [-0.2, -0.15) is 0 Å². The van der Waals surface area contributed by atoms with Gasteiger partial charge >= 0.3 is 27.2 Å².